The van der Waals surface area contributed by atoms with Crippen LogP contribution in [0.25, 0.3) is 0 Å². The molecule has 0 atom stereocenters. The Hall–Kier alpha value is -3.70. The van der Waals surface area contributed by atoms with E-state index in [1.54, 1.807) is 42.1 Å². The molecule has 0 aliphatic rings. The maximum absolute atomic E-state index is 13.4. The zero-order valence-corrected chi connectivity index (χ0v) is 22.3. The quantitative estimate of drug-likeness (QED) is 0.194. The molecule has 0 amide bonds. The zero-order valence-electron chi connectivity index (χ0n) is 21.4. The van der Waals surface area contributed by atoms with Crippen molar-refractivity contribution in [2.45, 2.75) is 17.8 Å². The topological polar surface area (TPSA) is 77.8 Å². The van der Waals surface area contributed by atoms with Crippen LogP contribution in [0.4, 0.5) is 22.0 Å². The highest BCUT2D eigenvalue weighted by Crippen LogP contribution is 2.36. The van der Waals surface area contributed by atoms with Crippen molar-refractivity contribution in [1.82, 2.24) is 4.90 Å². The van der Waals surface area contributed by atoms with E-state index >= 15 is 0 Å². The Morgan fingerprint density at radius 2 is 1.35 bits per heavy atom. The summed E-state index contributed by atoms with van der Waals surface area (Å²) in [5, 5.41) is 15.5. The Labute approximate surface area is 232 Å². The molecule has 0 radical (unpaired) electrons. The molecule has 5 nitrogen and oxygen atoms in total. The highest BCUT2D eigenvalue weighted by molar-refractivity contribution is 7.99. The molecular weight excluding hydrogens is 553 g/mol. The molecule has 0 unspecified atom stereocenters. The molecule has 0 spiro atoms. The molecule has 2 N–H and O–H groups in total. The first-order valence-electron chi connectivity index (χ1n) is 12.0. The third-order valence-corrected chi connectivity index (χ3v) is 6.80. The van der Waals surface area contributed by atoms with Gasteiger partial charge in [0.2, 0.25) is 0 Å². The van der Waals surface area contributed by atoms with Crippen LogP contribution in [0, 0.1) is 11.6 Å². The molecule has 40 heavy (non-hydrogen) atoms. The lowest BCUT2D eigenvalue weighted by Gasteiger charge is -2.21. The van der Waals surface area contributed by atoms with Gasteiger partial charge >= 0.3 is 18.1 Å². The molecule has 0 aromatic heterocycles. The van der Waals surface area contributed by atoms with E-state index in [1.165, 1.54) is 36.4 Å². The molecule has 11 heteroatoms. The molecule has 0 saturated heterocycles. The fourth-order valence-electron chi connectivity index (χ4n) is 3.46. The van der Waals surface area contributed by atoms with Crippen LogP contribution < -0.4 is 0 Å². The number of aliphatic carboxylic acids is 2. The average Bonchev–Trinajstić information content (AvgIpc) is 2.90. The minimum atomic E-state index is -4.34. The van der Waals surface area contributed by atoms with Gasteiger partial charge in [0.15, 0.2) is 0 Å². The number of likely N-dealkylation sites (N-methyl/N-ethyl adjacent to an activating group) is 1. The van der Waals surface area contributed by atoms with Crippen molar-refractivity contribution in [2.75, 3.05) is 25.9 Å². The molecule has 214 valence electrons. The van der Waals surface area contributed by atoms with Crippen molar-refractivity contribution in [1.29, 1.82) is 0 Å². The number of halogens is 5. The minimum Gasteiger partial charge on any atom is -0.478 e. The molecule has 0 aliphatic heterocycles. The lowest BCUT2D eigenvalue weighted by atomic mass is 10.0. The molecule has 0 heterocycles. The Morgan fingerprint density at radius 1 is 0.850 bits per heavy atom. The molecular formula is C29H28F5NO4S. The van der Waals surface area contributed by atoms with Crippen molar-refractivity contribution in [3.05, 3.63) is 119 Å². The number of alkyl halides is 3. The molecule has 3 rings (SSSR count). The second-order valence-electron chi connectivity index (χ2n) is 8.62. The minimum absolute atomic E-state index is 0.0759. The molecule has 3 aromatic rings. The fraction of sp³-hybridized carbons (Fsp3) is 0.241. The van der Waals surface area contributed by atoms with Crippen molar-refractivity contribution < 1.29 is 41.8 Å². The van der Waals surface area contributed by atoms with Crippen LogP contribution in [0.5, 0.6) is 0 Å². The predicted molar refractivity (Wildman–Crippen MR) is 144 cm³/mol. The van der Waals surface area contributed by atoms with Crippen LogP contribution in [0.3, 0.4) is 0 Å². The van der Waals surface area contributed by atoms with Crippen molar-refractivity contribution in [3.8, 4) is 0 Å². The van der Waals surface area contributed by atoms with Crippen molar-refractivity contribution in [2.24, 2.45) is 0 Å². The molecule has 0 aliphatic carbocycles. The Bertz CT molecular complexity index is 1200. The van der Waals surface area contributed by atoms with E-state index in [4.69, 9.17) is 10.2 Å². The van der Waals surface area contributed by atoms with Crippen molar-refractivity contribution >= 4 is 23.7 Å². The summed E-state index contributed by atoms with van der Waals surface area (Å²) < 4.78 is 65.3. The summed E-state index contributed by atoms with van der Waals surface area (Å²) >= 11 is 1.66. The van der Waals surface area contributed by atoms with Gasteiger partial charge in [0.1, 0.15) is 11.6 Å². The predicted octanol–water partition coefficient (Wildman–Crippen LogP) is 6.69. The van der Waals surface area contributed by atoms with Gasteiger partial charge in [-0.2, -0.15) is 13.2 Å². The third-order valence-electron chi connectivity index (χ3n) is 5.51. The van der Waals surface area contributed by atoms with Crippen LogP contribution in [0.1, 0.15) is 27.5 Å². The number of benzene rings is 3. The van der Waals surface area contributed by atoms with Gasteiger partial charge in [0.05, 0.1) is 10.8 Å². The smallest absolute Gasteiger partial charge is 0.416 e. The van der Waals surface area contributed by atoms with Gasteiger partial charge in [-0.25, -0.2) is 18.4 Å². The largest absolute Gasteiger partial charge is 0.478 e. The highest BCUT2D eigenvalue weighted by Gasteiger charge is 2.30. The zero-order chi connectivity index (χ0) is 29.7. The Kier molecular flexibility index (Phi) is 12.8. The van der Waals surface area contributed by atoms with E-state index in [9.17, 15) is 31.5 Å². The third kappa shape index (κ3) is 12.0. The van der Waals surface area contributed by atoms with Gasteiger partial charge in [0.25, 0.3) is 0 Å². The summed E-state index contributed by atoms with van der Waals surface area (Å²) in [6, 6.07) is 18.0. The average molecular weight is 582 g/mol. The van der Waals surface area contributed by atoms with Gasteiger partial charge in [-0.15, -0.1) is 11.8 Å². The lowest BCUT2D eigenvalue weighted by molar-refractivity contribution is -0.137. The maximum Gasteiger partial charge on any atom is 0.416 e. The molecule has 0 fully saturated rings. The molecule has 0 bridgehead atoms. The van der Waals surface area contributed by atoms with E-state index in [0.717, 1.165) is 29.5 Å². The number of hydrogen-bond donors (Lipinski definition) is 2. The summed E-state index contributed by atoms with van der Waals surface area (Å²) in [6.07, 6.45) is -2.70. The van der Waals surface area contributed by atoms with Crippen LogP contribution in [0.2, 0.25) is 0 Å². The number of rotatable bonds is 11. The Morgan fingerprint density at radius 3 is 1.80 bits per heavy atom. The number of thioether (sulfide) groups is 1. The van der Waals surface area contributed by atoms with E-state index in [0.29, 0.717) is 30.7 Å². The SMILES string of the molecule is CN(CCSC(c1ccc(F)cc1)c1ccc(F)cc1)CCc1cccc(C(F)(F)F)c1.O=C(O)C=CC(=O)O. The number of nitrogens with zero attached hydrogens (tertiary/aromatic N) is 1. The number of hydrogen-bond acceptors (Lipinski definition) is 4. The molecule has 0 saturated carbocycles. The monoisotopic (exact) mass is 581 g/mol. The fourth-order valence-corrected chi connectivity index (χ4v) is 4.82. The van der Waals surface area contributed by atoms with Gasteiger partial charge in [-0.05, 0) is 60.5 Å². The second-order valence-corrected chi connectivity index (χ2v) is 9.83. The summed E-state index contributed by atoms with van der Waals surface area (Å²) in [5.41, 5.74) is 1.87. The summed E-state index contributed by atoms with van der Waals surface area (Å²) in [5.74, 6) is -2.39. The Balaban J connectivity index is 0.000000611. The summed E-state index contributed by atoms with van der Waals surface area (Å²) in [7, 11) is 1.93. The molecule has 3 aromatic carbocycles. The van der Waals surface area contributed by atoms with Gasteiger partial charge in [-0.1, -0.05) is 42.5 Å². The first kappa shape index (κ1) is 32.5. The van der Waals surface area contributed by atoms with Crippen molar-refractivity contribution in [3.63, 3.8) is 0 Å². The van der Waals surface area contributed by atoms with Crippen LogP contribution >= 0.6 is 11.8 Å². The van der Waals surface area contributed by atoms with E-state index in [1.807, 2.05) is 7.05 Å². The van der Waals surface area contributed by atoms with Gasteiger partial charge < -0.3 is 15.1 Å². The van der Waals surface area contributed by atoms with Gasteiger partial charge in [-0.3, -0.25) is 0 Å². The highest BCUT2D eigenvalue weighted by atomic mass is 32.2. The normalized spacial score (nSPS) is 11.5. The first-order valence-corrected chi connectivity index (χ1v) is 13.0. The maximum atomic E-state index is 13.4. The van der Waals surface area contributed by atoms with E-state index < -0.39 is 23.7 Å². The number of carboxylic acid groups (broad SMARTS) is 2. The van der Waals surface area contributed by atoms with E-state index in [-0.39, 0.29) is 16.9 Å². The number of carboxylic acids is 2. The van der Waals surface area contributed by atoms with Crippen LogP contribution in [-0.2, 0) is 22.2 Å². The second kappa shape index (κ2) is 15.8. The standard InChI is InChI=1S/C25H24F5NS.C4H4O4/c1-31(14-13-18-3-2-4-21(17-18)25(28,29)30)15-16-32-24(19-5-9-22(26)10-6-19)20-7-11-23(27)12-8-20;5-3(6)1-2-4(7)8/h2-12,17,24H,13-16H2,1H3;1-2H,(H,5,6)(H,7,8). The first-order chi connectivity index (χ1) is 18.8. The summed E-state index contributed by atoms with van der Waals surface area (Å²) in [4.78, 5) is 21.2. The lowest BCUT2D eigenvalue weighted by Crippen LogP contribution is -2.24. The van der Waals surface area contributed by atoms with Crippen LogP contribution in [-0.4, -0.2) is 52.9 Å². The van der Waals surface area contributed by atoms with Crippen LogP contribution in [0.15, 0.2) is 84.9 Å². The van der Waals surface area contributed by atoms with Gasteiger partial charge in [0, 0.05) is 31.0 Å². The van der Waals surface area contributed by atoms with E-state index in [2.05, 4.69) is 4.90 Å². The summed E-state index contributed by atoms with van der Waals surface area (Å²) in [6.45, 7) is 1.35. The number of carbonyl (C=O) groups is 2.